The first-order chi connectivity index (χ1) is 5.39. The van der Waals surface area contributed by atoms with Gasteiger partial charge in [0.05, 0.1) is 0 Å². The van der Waals surface area contributed by atoms with E-state index in [4.69, 9.17) is 0 Å². The quantitative estimate of drug-likeness (QED) is 0.531. The maximum absolute atomic E-state index is 10.1. The summed E-state index contributed by atoms with van der Waals surface area (Å²) >= 11 is 0. The number of carbonyl (C=O) groups is 1. The molecule has 0 unspecified atom stereocenters. The zero-order chi connectivity index (χ0) is 7.94. The van der Waals surface area contributed by atoms with Gasteiger partial charge in [-0.3, -0.25) is 4.79 Å². The van der Waals surface area contributed by atoms with Crippen molar-refractivity contribution in [3.63, 3.8) is 0 Å². The Morgan fingerprint density at radius 2 is 1.38 bits per heavy atom. The molecule has 0 atom stereocenters. The predicted molar refractivity (Wildman–Crippen MR) is 46.2 cm³/mol. The summed E-state index contributed by atoms with van der Waals surface area (Å²) in [5.74, 6) is 0.0926. The molecule has 1 nitrogen and oxygen atoms in total. The molecule has 13 heavy (non-hydrogen) atoms. The summed E-state index contributed by atoms with van der Waals surface area (Å²) in [6, 6.07) is 0. The SMILES string of the molecule is C1=CCC=C1.O=C1C=CC=C1.[Cl-].[Ru+]. The molecule has 0 saturated heterocycles. The largest absolute Gasteiger partial charge is 1.00 e. The van der Waals surface area contributed by atoms with Crippen molar-refractivity contribution in [2.45, 2.75) is 6.42 Å². The third-order valence-corrected chi connectivity index (χ3v) is 1.29. The topological polar surface area (TPSA) is 17.1 Å². The molecule has 0 amide bonds. The fourth-order valence-electron chi connectivity index (χ4n) is 0.749. The van der Waals surface area contributed by atoms with Gasteiger partial charge in [-0.2, -0.15) is 0 Å². The first kappa shape index (κ1) is 15.0. The van der Waals surface area contributed by atoms with Crippen molar-refractivity contribution >= 4 is 5.78 Å². The van der Waals surface area contributed by atoms with Crippen molar-refractivity contribution < 1.29 is 36.7 Å². The Hall–Kier alpha value is -0.457. The molecule has 1 radical (unpaired) electrons. The molecule has 0 aromatic carbocycles. The summed E-state index contributed by atoms with van der Waals surface area (Å²) in [7, 11) is 0. The summed E-state index contributed by atoms with van der Waals surface area (Å²) in [4.78, 5) is 10.1. The smallest absolute Gasteiger partial charge is 1.00 e. The van der Waals surface area contributed by atoms with E-state index in [0.29, 0.717) is 0 Å². The molecule has 2 aliphatic carbocycles. The second kappa shape index (κ2) is 9.63. The molecule has 0 aromatic rings. The molecule has 0 bridgehead atoms. The summed E-state index contributed by atoms with van der Waals surface area (Å²) in [5.41, 5.74) is 0. The van der Waals surface area contributed by atoms with E-state index in [0.717, 1.165) is 6.42 Å². The van der Waals surface area contributed by atoms with E-state index in [1.165, 1.54) is 12.2 Å². The van der Waals surface area contributed by atoms with Gasteiger partial charge in [0.1, 0.15) is 0 Å². The Morgan fingerprint density at radius 1 is 0.923 bits per heavy atom. The molecule has 0 aromatic heterocycles. The molecule has 0 saturated carbocycles. The molecule has 71 valence electrons. The number of halogens is 1. The van der Waals surface area contributed by atoms with Gasteiger partial charge in [0.15, 0.2) is 5.78 Å². The number of ketones is 1. The first-order valence-corrected chi connectivity index (χ1v) is 3.60. The molecular formula is C10H10ClORu. The van der Waals surface area contributed by atoms with Gasteiger partial charge >= 0.3 is 19.5 Å². The minimum atomic E-state index is 0. The van der Waals surface area contributed by atoms with Crippen LogP contribution in [0.25, 0.3) is 0 Å². The van der Waals surface area contributed by atoms with Crippen molar-refractivity contribution in [2.24, 2.45) is 0 Å². The van der Waals surface area contributed by atoms with Crippen molar-refractivity contribution in [1.29, 1.82) is 0 Å². The maximum atomic E-state index is 10.1. The third kappa shape index (κ3) is 7.89. The Morgan fingerprint density at radius 3 is 1.54 bits per heavy atom. The van der Waals surface area contributed by atoms with Gasteiger partial charge in [-0.25, -0.2) is 0 Å². The van der Waals surface area contributed by atoms with Gasteiger partial charge in [-0.05, 0) is 18.6 Å². The number of carbonyl (C=O) groups excluding carboxylic acids is 1. The first-order valence-electron chi connectivity index (χ1n) is 3.60. The fourth-order valence-corrected chi connectivity index (χ4v) is 0.749. The third-order valence-electron chi connectivity index (χ3n) is 1.29. The molecule has 0 aliphatic heterocycles. The van der Waals surface area contributed by atoms with Crippen molar-refractivity contribution in [2.75, 3.05) is 0 Å². The molecule has 0 fully saturated rings. The predicted octanol–water partition coefficient (Wildman–Crippen LogP) is -0.814. The molecule has 0 spiro atoms. The second-order valence-corrected chi connectivity index (χ2v) is 2.21. The number of rotatable bonds is 0. The van der Waals surface area contributed by atoms with E-state index in [-0.39, 0.29) is 37.7 Å². The number of allylic oxidation sites excluding steroid dienone is 8. The zero-order valence-corrected chi connectivity index (χ0v) is 9.46. The standard InChI is InChI=1S/C5H4O.C5H6.ClH.Ru/c6-5-3-1-2-4-5;1-2-4-5-3-1;;/h1-4H;1-4H,5H2;1H;/q;;;+1/p-1. The summed E-state index contributed by atoms with van der Waals surface area (Å²) in [6.07, 6.45) is 16.0. The molecule has 2 rings (SSSR count). The molecule has 0 N–H and O–H groups in total. The van der Waals surface area contributed by atoms with Gasteiger partial charge < -0.3 is 12.4 Å². The van der Waals surface area contributed by atoms with Crippen molar-refractivity contribution in [3.8, 4) is 0 Å². The molecule has 0 heterocycles. The summed E-state index contributed by atoms with van der Waals surface area (Å²) in [5, 5.41) is 0. The summed E-state index contributed by atoms with van der Waals surface area (Å²) in [6.45, 7) is 0. The van der Waals surface area contributed by atoms with Crippen LogP contribution in [0.15, 0.2) is 48.6 Å². The normalized spacial score (nSPS) is 14.6. The average Bonchev–Trinajstić information content (AvgIpc) is 2.57. The minimum absolute atomic E-state index is 0. The van der Waals surface area contributed by atoms with Crippen LogP contribution in [0.1, 0.15) is 6.42 Å². The Balaban J connectivity index is 0. The summed E-state index contributed by atoms with van der Waals surface area (Å²) < 4.78 is 0. The van der Waals surface area contributed by atoms with Crippen LogP contribution < -0.4 is 12.4 Å². The Kier molecular flexibility index (Phi) is 11.1. The van der Waals surface area contributed by atoms with E-state index >= 15 is 0 Å². The number of hydrogen-bond acceptors (Lipinski definition) is 1. The van der Waals surface area contributed by atoms with E-state index in [1.807, 2.05) is 0 Å². The van der Waals surface area contributed by atoms with Crippen LogP contribution >= 0.6 is 0 Å². The van der Waals surface area contributed by atoms with Crippen LogP contribution in [0.3, 0.4) is 0 Å². The van der Waals surface area contributed by atoms with Gasteiger partial charge in [0.2, 0.25) is 0 Å². The Bertz CT molecular complexity index is 228. The van der Waals surface area contributed by atoms with Crippen LogP contribution in [-0.2, 0) is 24.3 Å². The zero-order valence-electron chi connectivity index (χ0n) is 6.97. The Labute approximate surface area is 97.5 Å². The van der Waals surface area contributed by atoms with Gasteiger partial charge in [-0.15, -0.1) is 0 Å². The van der Waals surface area contributed by atoms with Crippen LogP contribution in [0, 0.1) is 0 Å². The second-order valence-electron chi connectivity index (χ2n) is 2.21. The molecular weight excluding hydrogens is 273 g/mol. The van der Waals surface area contributed by atoms with Gasteiger partial charge in [-0.1, -0.05) is 36.5 Å². The molecule has 3 heteroatoms. The van der Waals surface area contributed by atoms with Crippen molar-refractivity contribution in [3.05, 3.63) is 48.6 Å². The van der Waals surface area contributed by atoms with Gasteiger partial charge in [0.25, 0.3) is 0 Å². The van der Waals surface area contributed by atoms with Crippen LogP contribution in [0.4, 0.5) is 0 Å². The maximum Gasteiger partial charge on any atom is 1.00 e. The van der Waals surface area contributed by atoms with Crippen molar-refractivity contribution in [1.82, 2.24) is 0 Å². The van der Waals surface area contributed by atoms with Crippen LogP contribution in [0.2, 0.25) is 0 Å². The molecule has 2 aliphatic rings. The van der Waals surface area contributed by atoms with E-state index in [9.17, 15) is 4.79 Å². The average molecular weight is 283 g/mol. The van der Waals surface area contributed by atoms with Crippen LogP contribution in [-0.4, -0.2) is 5.78 Å². The van der Waals surface area contributed by atoms with E-state index in [2.05, 4.69) is 24.3 Å². The van der Waals surface area contributed by atoms with Crippen LogP contribution in [0.5, 0.6) is 0 Å². The van der Waals surface area contributed by atoms with E-state index < -0.39 is 0 Å². The van der Waals surface area contributed by atoms with Gasteiger partial charge in [0, 0.05) is 0 Å². The number of hydrogen-bond donors (Lipinski definition) is 0. The van der Waals surface area contributed by atoms with E-state index in [1.54, 1.807) is 12.2 Å². The minimum Gasteiger partial charge on any atom is -1.00 e. The fraction of sp³-hybridized carbons (Fsp3) is 0.100. The monoisotopic (exact) mass is 283 g/mol.